The van der Waals surface area contributed by atoms with Crippen molar-refractivity contribution in [2.24, 2.45) is 0 Å². The van der Waals surface area contributed by atoms with E-state index < -0.39 is 0 Å². The van der Waals surface area contributed by atoms with E-state index in [1.165, 1.54) is 0 Å². The van der Waals surface area contributed by atoms with Gasteiger partial charge in [-0.05, 0) is 18.4 Å². The smallest absolute Gasteiger partial charge is 0.153 e. The Kier molecular flexibility index (Phi) is 3.72. The van der Waals surface area contributed by atoms with Crippen LogP contribution in [0.1, 0.15) is 27.7 Å². The van der Waals surface area contributed by atoms with E-state index in [-0.39, 0.29) is 10.5 Å². The van der Waals surface area contributed by atoms with Crippen LogP contribution in [0, 0.1) is 0 Å². The van der Waals surface area contributed by atoms with Gasteiger partial charge in [0, 0.05) is 4.75 Å². The van der Waals surface area contributed by atoms with Crippen molar-refractivity contribution < 1.29 is 4.79 Å². The fourth-order valence-corrected chi connectivity index (χ4v) is 1.00. The van der Waals surface area contributed by atoms with Crippen LogP contribution >= 0.6 is 11.8 Å². The highest BCUT2D eigenvalue weighted by Gasteiger charge is 2.06. The average Bonchev–Trinajstić information content (AvgIpc) is 1.59. The Balaban J connectivity index is 3.64. The van der Waals surface area contributed by atoms with E-state index in [2.05, 4.69) is 20.8 Å². The van der Waals surface area contributed by atoms with Gasteiger partial charge in [-0.1, -0.05) is 20.8 Å². The zero-order chi connectivity index (χ0) is 8.20. The summed E-state index contributed by atoms with van der Waals surface area (Å²) in [7, 11) is 0. The molecule has 10 heavy (non-hydrogen) atoms. The molecule has 0 radical (unpaired) electrons. The fourth-order valence-electron chi connectivity index (χ4n) is 0.334. The molecule has 0 aromatic rings. The summed E-state index contributed by atoms with van der Waals surface area (Å²) in [5, 5.41) is 1.85. The van der Waals surface area contributed by atoms with Crippen molar-refractivity contribution in [1.82, 2.24) is 0 Å². The summed E-state index contributed by atoms with van der Waals surface area (Å²) < 4.78 is 0.214. The molecule has 1 nitrogen and oxygen atoms in total. The second-order valence-corrected chi connectivity index (χ2v) is 4.88. The van der Waals surface area contributed by atoms with Crippen LogP contribution in [0.15, 0.2) is 11.5 Å². The first-order valence-electron chi connectivity index (χ1n) is 3.27. The van der Waals surface area contributed by atoms with Gasteiger partial charge in [0.15, 0.2) is 5.78 Å². The molecule has 0 saturated carbocycles. The molecular formula is C8H14OS. The molecule has 0 aliphatic rings. The average molecular weight is 158 g/mol. The van der Waals surface area contributed by atoms with Gasteiger partial charge in [-0.15, -0.1) is 11.8 Å². The summed E-state index contributed by atoms with van der Waals surface area (Å²) in [6, 6.07) is 0. The van der Waals surface area contributed by atoms with Crippen LogP contribution in [0.2, 0.25) is 0 Å². The van der Waals surface area contributed by atoms with Crippen molar-refractivity contribution in [2.45, 2.75) is 32.4 Å². The Labute approximate surface area is 66.9 Å². The molecule has 0 rings (SSSR count). The predicted molar refractivity (Wildman–Crippen MR) is 47.2 cm³/mol. The van der Waals surface area contributed by atoms with E-state index in [1.54, 1.807) is 24.8 Å². The van der Waals surface area contributed by atoms with Crippen molar-refractivity contribution in [3.05, 3.63) is 11.5 Å². The van der Waals surface area contributed by atoms with Gasteiger partial charge in [0.2, 0.25) is 0 Å². The third kappa shape index (κ3) is 7.76. The molecule has 58 valence electrons. The fraction of sp³-hybridized carbons (Fsp3) is 0.625. The Hall–Kier alpha value is -0.240. The van der Waals surface area contributed by atoms with E-state index in [9.17, 15) is 4.79 Å². The summed E-state index contributed by atoms with van der Waals surface area (Å²) in [4.78, 5) is 10.4. The zero-order valence-corrected chi connectivity index (χ0v) is 7.79. The van der Waals surface area contributed by atoms with Crippen molar-refractivity contribution in [3.63, 3.8) is 0 Å². The van der Waals surface area contributed by atoms with Gasteiger partial charge in [-0.3, -0.25) is 4.79 Å². The van der Waals surface area contributed by atoms with E-state index in [0.717, 1.165) is 0 Å². The number of rotatable bonds is 2. The zero-order valence-electron chi connectivity index (χ0n) is 6.97. The Bertz CT molecular complexity index is 142. The van der Waals surface area contributed by atoms with Crippen molar-refractivity contribution in [3.8, 4) is 0 Å². The summed E-state index contributed by atoms with van der Waals surface area (Å²) in [6.07, 6.45) is 1.59. The number of carbonyl (C=O) groups excluding carboxylic acids is 1. The highest BCUT2D eigenvalue weighted by Crippen LogP contribution is 2.23. The van der Waals surface area contributed by atoms with Crippen LogP contribution in [0.5, 0.6) is 0 Å². The second kappa shape index (κ2) is 3.81. The molecular weight excluding hydrogens is 144 g/mol. The molecule has 0 saturated heterocycles. The number of hydrogen-bond donors (Lipinski definition) is 0. The van der Waals surface area contributed by atoms with Gasteiger partial charge in [0.1, 0.15) is 0 Å². The van der Waals surface area contributed by atoms with Crippen molar-refractivity contribution in [2.75, 3.05) is 0 Å². The Morgan fingerprint density at radius 1 is 1.40 bits per heavy atom. The van der Waals surface area contributed by atoms with Gasteiger partial charge in [0.05, 0.1) is 0 Å². The van der Waals surface area contributed by atoms with Gasteiger partial charge >= 0.3 is 0 Å². The van der Waals surface area contributed by atoms with Gasteiger partial charge in [0.25, 0.3) is 0 Å². The molecule has 0 aromatic heterocycles. The van der Waals surface area contributed by atoms with Gasteiger partial charge in [-0.2, -0.15) is 0 Å². The van der Waals surface area contributed by atoms with Crippen LogP contribution < -0.4 is 0 Å². The molecule has 0 unspecified atom stereocenters. The minimum absolute atomic E-state index is 0.108. The van der Waals surface area contributed by atoms with E-state index in [1.807, 2.05) is 5.41 Å². The van der Waals surface area contributed by atoms with Crippen LogP contribution in [0.3, 0.4) is 0 Å². The van der Waals surface area contributed by atoms with E-state index in [0.29, 0.717) is 0 Å². The lowest BCUT2D eigenvalue weighted by Crippen LogP contribution is -2.04. The maximum Gasteiger partial charge on any atom is 0.153 e. The van der Waals surface area contributed by atoms with Crippen LogP contribution in [0.25, 0.3) is 0 Å². The molecule has 0 heterocycles. The van der Waals surface area contributed by atoms with Crippen LogP contribution in [-0.4, -0.2) is 10.5 Å². The van der Waals surface area contributed by atoms with Crippen molar-refractivity contribution >= 4 is 17.5 Å². The summed E-state index contributed by atoms with van der Waals surface area (Å²) in [5.41, 5.74) is 0. The Morgan fingerprint density at radius 3 is 2.20 bits per heavy atom. The molecule has 0 aliphatic carbocycles. The molecule has 0 aliphatic heterocycles. The normalized spacial score (nSPS) is 12.4. The lowest BCUT2D eigenvalue weighted by atomic mass is 10.3. The largest absolute Gasteiger partial charge is 0.295 e. The maximum atomic E-state index is 10.4. The van der Waals surface area contributed by atoms with Crippen LogP contribution in [-0.2, 0) is 4.79 Å². The summed E-state index contributed by atoms with van der Waals surface area (Å²) in [6.45, 7) is 7.89. The standard InChI is InChI=1S/C8H14OS/c1-7(9)5-6-10-8(2,3)4/h5-6H,1-4H3. The second-order valence-electron chi connectivity index (χ2n) is 3.14. The molecule has 0 spiro atoms. The minimum atomic E-state index is 0.108. The summed E-state index contributed by atoms with van der Waals surface area (Å²) >= 11 is 1.66. The molecule has 0 N–H and O–H groups in total. The number of thioether (sulfide) groups is 1. The first-order chi connectivity index (χ1) is 4.42. The molecule has 0 amide bonds. The minimum Gasteiger partial charge on any atom is -0.295 e. The Morgan fingerprint density at radius 2 is 1.90 bits per heavy atom. The quantitative estimate of drug-likeness (QED) is 0.575. The van der Waals surface area contributed by atoms with E-state index >= 15 is 0 Å². The van der Waals surface area contributed by atoms with Gasteiger partial charge in [-0.25, -0.2) is 0 Å². The molecule has 0 bridgehead atoms. The van der Waals surface area contributed by atoms with Gasteiger partial charge < -0.3 is 0 Å². The number of hydrogen-bond acceptors (Lipinski definition) is 2. The molecule has 0 fully saturated rings. The topological polar surface area (TPSA) is 17.1 Å². The van der Waals surface area contributed by atoms with Crippen molar-refractivity contribution in [1.29, 1.82) is 0 Å². The number of carbonyl (C=O) groups is 1. The first kappa shape index (κ1) is 9.76. The van der Waals surface area contributed by atoms with Crippen LogP contribution in [0.4, 0.5) is 0 Å². The maximum absolute atomic E-state index is 10.4. The predicted octanol–water partition coefficient (Wildman–Crippen LogP) is 2.62. The molecule has 0 aromatic carbocycles. The third-order valence-corrected chi connectivity index (χ3v) is 1.70. The van der Waals surface area contributed by atoms with E-state index in [4.69, 9.17) is 0 Å². The first-order valence-corrected chi connectivity index (χ1v) is 4.15. The molecule has 0 atom stereocenters. The highest BCUT2D eigenvalue weighted by atomic mass is 32.2. The SMILES string of the molecule is CC(=O)C=CSC(C)(C)C. The number of ketones is 1. The monoisotopic (exact) mass is 158 g/mol. The summed E-state index contributed by atoms with van der Waals surface area (Å²) in [5.74, 6) is 0.108. The highest BCUT2D eigenvalue weighted by molar-refractivity contribution is 8.03. The molecule has 2 heteroatoms. The third-order valence-electron chi connectivity index (χ3n) is 0.724. The number of allylic oxidation sites excluding steroid dienone is 1. The lowest BCUT2D eigenvalue weighted by molar-refractivity contribution is -0.112. The lowest BCUT2D eigenvalue weighted by Gasteiger charge is -2.13.